The molecule has 0 aromatic heterocycles. The van der Waals surface area contributed by atoms with Crippen molar-refractivity contribution in [2.45, 2.75) is 13.0 Å². The summed E-state index contributed by atoms with van der Waals surface area (Å²) in [5.41, 5.74) is 0.487. The lowest BCUT2D eigenvalue weighted by Gasteiger charge is -2.25. The number of anilines is 1. The molecule has 1 saturated heterocycles. The first-order valence-corrected chi connectivity index (χ1v) is 11.2. The molecule has 3 aromatic carbocycles. The highest BCUT2D eigenvalue weighted by molar-refractivity contribution is 6.51. The largest absolute Gasteiger partial charge is 0.507 e. The number of aliphatic hydroxyl groups excluding tert-OH is 1. The minimum Gasteiger partial charge on any atom is -0.507 e. The highest BCUT2D eigenvalue weighted by Gasteiger charge is 2.47. The average Bonchev–Trinajstić information content (AvgIpc) is 3.14. The summed E-state index contributed by atoms with van der Waals surface area (Å²) >= 11 is 5.93. The van der Waals surface area contributed by atoms with Gasteiger partial charge in [0.25, 0.3) is 17.4 Å². The minimum absolute atomic E-state index is 0.187. The molecule has 36 heavy (non-hydrogen) atoms. The van der Waals surface area contributed by atoms with Gasteiger partial charge in [-0.25, -0.2) is 4.79 Å². The van der Waals surface area contributed by atoms with Crippen LogP contribution in [0, 0.1) is 10.1 Å². The second-order valence-corrected chi connectivity index (χ2v) is 8.23. The third kappa shape index (κ3) is 4.56. The van der Waals surface area contributed by atoms with E-state index in [0.29, 0.717) is 5.02 Å². The Bertz CT molecular complexity index is 1400. The van der Waals surface area contributed by atoms with Crippen molar-refractivity contribution >= 4 is 46.4 Å². The van der Waals surface area contributed by atoms with Gasteiger partial charge in [0, 0.05) is 28.4 Å². The average molecular weight is 507 g/mol. The molecule has 0 radical (unpaired) electrons. The number of nitro benzene ring substituents is 1. The van der Waals surface area contributed by atoms with Gasteiger partial charge in [-0.05, 0) is 61.0 Å². The van der Waals surface area contributed by atoms with E-state index in [-0.39, 0.29) is 40.2 Å². The molecule has 10 heteroatoms. The van der Waals surface area contributed by atoms with Gasteiger partial charge in [0.1, 0.15) is 5.76 Å². The third-order valence-corrected chi connectivity index (χ3v) is 5.87. The van der Waals surface area contributed by atoms with Crippen LogP contribution in [0.15, 0.2) is 78.4 Å². The number of non-ortho nitro benzene ring substituents is 1. The van der Waals surface area contributed by atoms with Crippen LogP contribution in [-0.4, -0.2) is 34.3 Å². The zero-order valence-corrected chi connectivity index (χ0v) is 19.6. The van der Waals surface area contributed by atoms with Crippen molar-refractivity contribution in [2.24, 2.45) is 0 Å². The molecule has 1 atom stereocenters. The summed E-state index contributed by atoms with van der Waals surface area (Å²) in [6.07, 6.45) is 0. The number of carbonyl (C=O) groups is 3. The Morgan fingerprint density at radius 2 is 1.69 bits per heavy atom. The number of ketones is 1. The fourth-order valence-electron chi connectivity index (χ4n) is 3.96. The third-order valence-electron chi connectivity index (χ3n) is 5.62. The lowest BCUT2D eigenvalue weighted by Crippen LogP contribution is -2.29. The Balaban J connectivity index is 1.89. The molecule has 1 fully saturated rings. The molecular weight excluding hydrogens is 488 g/mol. The zero-order chi connectivity index (χ0) is 26.0. The van der Waals surface area contributed by atoms with Gasteiger partial charge in [0.05, 0.1) is 28.7 Å². The molecule has 0 saturated carbocycles. The molecule has 0 bridgehead atoms. The quantitative estimate of drug-likeness (QED) is 0.124. The summed E-state index contributed by atoms with van der Waals surface area (Å²) < 4.78 is 4.98. The minimum atomic E-state index is -1.17. The molecule has 1 aliphatic heterocycles. The Morgan fingerprint density at radius 1 is 1.06 bits per heavy atom. The maximum Gasteiger partial charge on any atom is 0.338 e. The Morgan fingerprint density at radius 3 is 2.31 bits per heavy atom. The first kappa shape index (κ1) is 24.6. The van der Waals surface area contributed by atoms with Gasteiger partial charge in [-0.15, -0.1) is 0 Å². The molecule has 1 aliphatic rings. The summed E-state index contributed by atoms with van der Waals surface area (Å²) in [4.78, 5) is 50.4. The summed E-state index contributed by atoms with van der Waals surface area (Å²) in [5, 5.41) is 22.9. The van der Waals surface area contributed by atoms with Crippen LogP contribution in [0.3, 0.4) is 0 Å². The van der Waals surface area contributed by atoms with Crippen LogP contribution in [0.4, 0.5) is 11.4 Å². The van der Waals surface area contributed by atoms with Gasteiger partial charge in [-0.3, -0.25) is 24.6 Å². The number of rotatable bonds is 6. The maximum atomic E-state index is 13.2. The summed E-state index contributed by atoms with van der Waals surface area (Å²) in [5.74, 6) is -2.91. The first-order valence-electron chi connectivity index (χ1n) is 10.8. The maximum absolute atomic E-state index is 13.2. The van der Waals surface area contributed by atoms with Crippen LogP contribution in [0.25, 0.3) is 5.76 Å². The number of nitro groups is 1. The van der Waals surface area contributed by atoms with E-state index in [0.717, 1.165) is 4.90 Å². The number of aliphatic hydroxyl groups is 1. The van der Waals surface area contributed by atoms with E-state index in [2.05, 4.69) is 0 Å². The Kier molecular flexibility index (Phi) is 6.84. The van der Waals surface area contributed by atoms with Crippen molar-refractivity contribution < 1.29 is 29.2 Å². The molecule has 0 spiro atoms. The SMILES string of the molecule is CCOC(=O)c1ccc(N2C(=O)C(=O)/C(=C(/O)c3ccc(Cl)cc3)[C@H]2c2cccc([N+](=O)[O-])c2)cc1. The fraction of sp³-hybridized carbons (Fsp3) is 0.115. The molecule has 1 amide bonds. The van der Waals surface area contributed by atoms with E-state index >= 15 is 0 Å². The highest BCUT2D eigenvalue weighted by atomic mass is 35.5. The molecule has 182 valence electrons. The Labute approximate surface area is 210 Å². The highest BCUT2D eigenvalue weighted by Crippen LogP contribution is 2.43. The van der Waals surface area contributed by atoms with Crippen LogP contribution < -0.4 is 4.90 Å². The van der Waals surface area contributed by atoms with Crippen molar-refractivity contribution in [1.82, 2.24) is 0 Å². The number of nitrogens with zero attached hydrogens (tertiary/aromatic N) is 2. The van der Waals surface area contributed by atoms with E-state index < -0.39 is 34.4 Å². The van der Waals surface area contributed by atoms with Crippen LogP contribution in [0.1, 0.15) is 34.5 Å². The van der Waals surface area contributed by atoms with Crippen molar-refractivity contribution in [3.63, 3.8) is 0 Å². The molecule has 0 aliphatic carbocycles. The number of Topliss-reactive ketones (excluding diaryl/α,β-unsaturated/α-hetero) is 1. The predicted molar refractivity (Wildman–Crippen MR) is 132 cm³/mol. The number of carbonyl (C=O) groups excluding carboxylic acids is 3. The second kappa shape index (κ2) is 10.0. The van der Waals surface area contributed by atoms with E-state index in [1.807, 2.05) is 0 Å². The van der Waals surface area contributed by atoms with Gasteiger partial charge < -0.3 is 9.84 Å². The summed E-state index contributed by atoms with van der Waals surface area (Å²) in [6, 6.07) is 16.1. The van der Waals surface area contributed by atoms with Crippen molar-refractivity contribution in [1.29, 1.82) is 0 Å². The number of hydrogen-bond donors (Lipinski definition) is 1. The Hall–Kier alpha value is -4.50. The molecule has 0 unspecified atom stereocenters. The summed E-state index contributed by atoms with van der Waals surface area (Å²) in [6.45, 7) is 1.86. The summed E-state index contributed by atoms with van der Waals surface area (Å²) in [7, 11) is 0. The fourth-order valence-corrected chi connectivity index (χ4v) is 4.08. The molecule has 3 aromatic rings. The number of hydrogen-bond acceptors (Lipinski definition) is 7. The van der Waals surface area contributed by atoms with E-state index in [9.17, 15) is 29.6 Å². The van der Waals surface area contributed by atoms with Crippen molar-refractivity contribution in [3.05, 3.63) is 110 Å². The molecule has 4 rings (SSSR count). The standard InChI is InChI=1S/C26H19ClN2O7/c1-2-36-26(33)16-8-12-19(13-9-16)28-22(17-4-3-5-20(14-17)29(34)35)21(24(31)25(28)32)23(30)15-6-10-18(27)11-7-15/h3-14,22,30H,2H2,1H3/b23-21+/t22-/m1/s1. The molecule has 9 nitrogen and oxygen atoms in total. The van der Waals surface area contributed by atoms with Crippen molar-refractivity contribution in [2.75, 3.05) is 11.5 Å². The number of ether oxygens (including phenoxy) is 1. The van der Waals surface area contributed by atoms with Crippen LogP contribution in [0.2, 0.25) is 5.02 Å². The van der Waals surface area contributed by atoms with Gasteiger partial charge in [0.2, 0.25) is 0 Å². The van der Waals surface area contributed by atoms with Crippen molar-refractivity contribution in [3.8, 4) is 0 Å². The first-order chi connectivity index (χ1) is 17.2. The lowest BCUT2D eigenvalue weighted by molar-refractivity contribution is -0.384. The predicted octanol–water partition coefficient (Wildman–Crippen LogP) is 5.05. The topological polar surface area (TPSA) is 127 Å². The van der Waals surface area contributed by atoms with E-state index in [4.69, 9.17) is 16.3 Å². The number of halogens is 1. The van der Waals surface area contributed by atoms with Crippen LogP contribution in [0.5, 0.6) is 0 Å². The van der Waals surface area contributed by atoms with E-state index in [1.54, 1.807) is 6.92 Å². The molecular formula is C26H19ClN2O7. The monoisotopic (exact) mass is 506 g/mol. The van der Waals surface area contributed by atoms with Gasteiger partial charge in [0.15, 0.2) is 0 Å². The van der Waals surface area contributed by atoms with Gasteiger partial charge in [-0.2, -0.15) is 0 Å². The number of esters is 1. The van der Waals surface area contributed by atoms with Gasteiger partial charge >= 0.3 is 5.97 Å². The normalized spacial score (nSPS) is 16.7. The second-order valence-electron chi connectivity index (χ2n) is 7.80. The van der Waals surface area contributed by atoms with Gasteiger partial charge in [-0.1, -0.05) is 23.7 Å². The molecule has 1 N–H and O–H groups in total. The van der Waals surface area contributed by atoms with Crippen LogP contribution in [-0.2, 0) is 14.3 Å². The van der Waals surface area contributed by atoms with Crippen LogP contribution >= 0.6 is 11.6 Å². The number of benzene rings is 3. The molecule has 1 heterocycles. The van der Waals surface area contributed by atoms with E-state index in [1.165, 1.54) is 72.8 Å². The zero-order valence-electron chi connectivity index (χ0n) is 18.9. The smallest absolute Gasteiger partial charge is 0.338 e. The number of amides is 1. The lowest BCUT2D eigenvalue weighted by atomic mass is 9.94.